The Morgan fingerprint density at radius 2 is 2.03 bits per heavy atom. The Labute approximate surface area is 206 Å². The Hall–Kier alpha value is -3.05. The highest BCUT2D eigenvalue weighted by Gasteiger charge is 2.46. The number of fused-ring (bicyclic) bond motifs is 2. The normalized spacial score (nSPS) is 24.9. The zero-order valence-electron chi connectivity index (χ0n) is 19.3. The third kappa shape index (κ3) is 4.13. The lowest BCUT2D eigenvalue weighted by Gasteiger charge is -2.39. The van der Waals surface area contributed by atoms with Crippen LogP contribution in [0.1, 0.15) is 50.3 Å². The van der Waals surface area contributed by atoms with Crippen LogP contribution in [0.3, 0.4) is 0 Å². The number of benzene rings is 1. The second-order valence-corrected chi connectivity index (χ2v) is 11.2. The summed E-state index contributed by atoms with van der Waals surface area (Å²) in [6, 6.07) is 7.44. The van der Waals surface area contributed by atoms with E-state index in [9.17, 15) is 32.3 Å². The molecule has 0 amide bonds. The first-order valence-corrected chi connectivity index (χ1v) is 13.0. The molecule has 3 aromatic rings. The second-order valence-electron chi connectivity index (χ2n) is 9.21. The number of hydrogen-bond acceptors (Lipinski definition) is 7. The first-order chi connectivity index (χ1) is 17.0. The van der Waals surface area contributed by atoms with Crippen LogP contribution in [0.5, 0.6) is 0 Å². The summed E-state index contributed by atoms with van der Waals surface area (Å²) in [5.74, 6) is 0.0122. The second kappa shape index (κ2) is 8.81. The van der Waals surface area contributed by atoms with Gasteiger partial charge in [0, 0.05) is 11.9 Å². The fourth-order valence-corrected chi connectivity index (χ4v) is 7.17. The van der Waals surface area contributed by atoms with E-state index in [0.717, 1.165) is 25.7 Å². The van der Waals surface area contributed by atoms with E-state index in [1.807, 2.05) is 0 Å². The number of H-pyrrole nitrogens is 1. The fourth-order valence-electron chi connectivity index (χ4n) is 5.24. The third-order valence-electron chi connectivity index (χ3n) is 6.95. The lowest BCUT2D eigenvalue weighted by atomic mass is 9.85. The summed E-state index contributed by atoms with van der Waals surface area (Å²) in [7, 11) is -3.80. The number of rotatable bonds is 4. The molecule has 1 aromatic carbocycles. The summed E-state index contributed by atoms with van der Waals surface area (Å²) in [5.41, 5.74) is 0.984. The summed E-state index contributed by atoms with van der Waals surface area (Å²) in [4.78, 5) is 15.4. The predicted molar refractivity (Wildman–Crippen MR) is 129 cm³/mol. The van der Waals surface area contributed by atoms with Gasteiger partial charge in [0.1, 0.15) is 11.9 Å². The molecule has 13 heteroatoms. The zero-order valence-corrected chi connectivity index (χ0v) is 20.1. The minimum Gasteiger partial charge on any atom is -0.338 e. The van der Waals surface area contributed by atoms with Gasteiger partial charge in [0.15, 0.2) is 5.82 Å². The van der Waals surface area contributed by atoms with E-state index in [0.29, 0.717) is 26.5 Å². The molecule has 192 valence electrons. The Balaban J connectivity index is 1.53. The first-order valence-electron chi connectivity index (χ1n) is 11.5. The highest BCUT2D eigenvalue weighted by atomic mass is 32.3. The number of aromatic nitrogens is 3. The van der Waals surface area contributed by atoms with Gasteiger partial charge in [-0.15, -0.1) is 10.8 Å². The van der Waals surface area contributed by atoms with E-state index in [1.165, 1.54) is 25.3 Å². The first kappa shape index (κ1) is 24.6. The molecule has 2 aromatic heterocycles. The van der Waals surface area contributed by atoms with Crippen molar-refractivity contribution in [3.8, 4) is 6.07 Å². The molecule has 1 fully saturated rings. The highest BCUT2D eigenvalue weighted by molar-refractivity contribution is 8.22. The number of nitriles is 1. The number of halogens is 3. The van der Waals surface area contributed by atoms with Crippen LogP contribution >= 0.6 is 10.8 Å². The lowest BCUT2D eigenvalue weighted by Crippen LogP contribution is -2.34. The molecule has 1 saturated carbocycles. The number of pyridine rings is 1. The number of alkyl halides is 3. The molecule has 2 aliphatic rings. The van der Waals surface area contributed by atoms with Crippen molar-refractivity contribution >= 4 is 33.2 Å². The largest absolute Gasteiger partial charge is 0.403 e. The number of hydrogen-bond donors (Lipinski definition) is 4. The molecule has 4 N–H and O–H groups in total. The molecule has 1 aliphatic heterocycles. The highest BCUT2D eigenvalue weighted by Crippen LogP contribution is 2.64. The van der Waals surface area contributed by atoms with Gasteiger partial charge in [-0.3, -0.25) is 18.6 Å². The van der Waals surface area contributed by atoms with Crippen LogP contribution in [0.15, 0.2) is 40.2 Å². The van der Waals surface area contributed by atoms with Crippen LogP contribution in [-0.4, -0.2) is 40.9 Å². The average Bonchev–Trinajstić information content (AvgIpc) is 3.28. The van der Waals surface area contributed by atoms with Gasteiger partial charge in [0.05, 0.1) is 34.5 Å². The van der Waals surface area contributed by atoms with Crippen LogP contribution in [0.25, 0.3) is 10.9 Å². The number of nitrogens with zero attached hydrogens (tertiary/aromatic N) is 4. The van der Waals surface area contributed by atoms with E-state index in [4.69, 9.17) is 0 Å². The maximum Gasteiger partial charge on any atom is 0.403 e. The van der Waals surface area contributed by atoms with Gasteiger partial charge in [-0.1, -0.05) is 12.8 Å². The van der Waals surface area contributed by atoms with Gasteiger partial charge in [-0.25, -0.2) is 0 Å². The molecule has 3 unspecified atom stereocenters. The van der Waals surface area contributed by atoms with Crippen LogP contribution in [0.2, 0.25) is 0 Å². The molecule has 1 aliphatic carbocycles. The average molecular weight is 523 g/mol. The van der Waals surface area contributed by atoms with Crippen molar-refractivity contribution in [1.29, 1.82) is 5.26 Å². The standard InChI is InChI=1S/C23H25F3N6O3S/c1-13-16-10-15(6-7-19(16)36(34,35)31(13)12-23(24,25)26)29-21-20-18(8-9-28-22(20)33)32(30-21)17-5-3-2-4-14(17)11-27/h6-10,13-14,17,34-35H,2-5,12H2,1H3,(H,28,33)(H,29,30). The summed E-state index contributed by atoms with van der Waals surface area (Å²) in [6.45, 7) is 0.0231. The fraction of sp³-hybridized carbons (Fsp3) is 0.435. The van der Waals surface area contributed by atoms with Crippen LogP contribution < -0.4 is 10.9 Å². The third-order valence-corrected chi connectivity index (χ3v) is 9.01. The summed E-state index contributed by atoms with van der Waals surface area (Å²) < 4.78 is 62.7. The van der Waals surface area contributed by atoms with Crippen molar-refractivity contribution in [2.24, 2.45) is 5.92 Å². The summed E-state index contributed by atoms with van der Waals surface area (Å²) in [6.07, 6.45) is 0.321. The van der Waals surface area contributed by atoms with Gasteiger partial charge in [-0.2, -0.15) is 27.8 Å². The molecule has 3 atom stereocenters. The number of anilines is 2. The van der Waals surface area contributed by atoms with Crippen molar-refractivity contribution in [3.05, 3.63) is 46.4 Å². The van der Waals surface area contributed by atoms with E-state index < -0.39 is 29.5 Å². The van der Waals surface area contributed by atoms with Crippen molar-refractivity contribution in [2.75, 3.05) is 11.9 Å². The molecule has 3 heterocycles. The molecular formula is C23H25F3N6O3S. The summed E-state index contributed by atoms with van der Waals surface area (Å²) >= 11 is 0. The number of aromatic amines is 1. The molecule has 9 nitrogen and oxygen atoms in total. The van der Waals surface area contributed by atoms with Crippen LogP contribution in [-0.2, 0) is 0 Å². The van der Waals surface area contributed by atoms with Crippen LogP contribution in [0.4, 0.5) is 24.7 Å². The van der Waals surface area contributed by atoms with Gasteiger partial charge in [0.25, 0.3) is 5.56 Å². The van der Waals surface area contributed by atoms with Crippen molar-refractivity contribution in [2.45, 2.75) is 55.8 Å². The maximum absolute atomic E-state index is 13.1. The smallest absolute Gasteiger partial charge is 0.338 e. The SMILES string of the molecule is CC1c2cc(Nc3nn(C4CCCCC4C#N)c4cc[nH]c(=O)c34)ccc2S(O)(O)N1CC(F)(F)F. The Bertz CT molecular complexity index is 1410. The summed E-state index contributed by atoms with van der Waals surface area (Å²) in [5, 5.41) is 17.7. The molecule has 5 rings (SSSR count). The quantitative estimate of drug-likeness (QED) is 0.346. The minimum atomic E-state index is -4.60. The topological polar surface area (TPSA) is 130 Å². The van der Waals surface area contributed by atoms with Crippen LogP contribution in [0, 0.1) is 17.2 Å². The van der Waals surface area contributed by atoms with Gasteiger partial charge < -0.3 is 10.3 Å². The molecule has 36 heavy (non-hydrogen) atoms. The molecule has 0 bridgehead atoms. The number of nitrogens with one attached hydrogen (secondary N) is 2. The Morgan fingerprint density at radius 1 is 1.28 bits per heavy atom. The van der Waals surface area contributed by atoms with E-state index >= 15 is 0 Å². The predicted octanol–water partition coefficient (Wildman–Crippen LogP) is 5.69. The molecular weight excluding hydrogens is 497 g/mol. The van der Waals surface area contributed by atoms with Crippen molar-refractivity contribution in [3.63, 3.8) is 0 Å². The Morgan fingerprint density at radius 3 is 2.75 bits per heavy atom. The Kier molecular flexibility index (Phi) is 6.03. The van der Waals surface area contributed by atoms with Gasteiger partial charge in [-0.05, 0) is 49.6 Å². The van der Waals surface area contributed by atoms with Crippen molar-refractivity contribution in [1.82, 2.24) is 19.1 Å². The van der Waals surface area contributed by atoms with E-state index in [2.05, 4.69) is 21.5 Å². The van der Waals surface area contributed by atoms with Crippen molar-refractivity contribution < 1.29 is 22.3 Å². The molecule has 0 saturated heterocycles. The van der Waals surface area contributed by atoms with E-state index in [1.54, 1.807) is 16.8 Å². The van der Waals surface area contributed by atoms with E-state index in [-0.39, 0.29) is 28.2 Å². The zero-order chi connectivity index (χ0) is 25.8. The van der Waals surface area contributed by atoms with Gasteiger partial charge in [0.2, 0.25) is 0 Å². The minimum absolute atomic E-state index is 0.0390. The van der Waals surface area contributed by atoms with Gasteiger partial charge >= 0.3 is 6.18 Å². The monoisotopic (exact) mass is 522 g/mol. The maximum atomic E-state index is 13.1. The molecule has 0 spiro atoms. The lowest BCUT2D eigenvalue weighted by molar-refractivity contribution is -0.139. The molecule has 0 radical (unpaired) electrons.